The van der Waals surface area contributed by atoms with Crippen molar-refractivity contribution in [3.8, 4) is 0 Å². The number of ether oxygens (including phenoxy) is 2. The van der Waals surface area contributed by atoms with Crippen LogP contribution in [0.15, 0.2) is 18.2 Å². The maximum Gasteiger partial charge on any atom is 0.0617 e. The predicted octanol–water partition coefficient (Wildman–Crippen LogP) is 1.07. The molecule has 1 aromatic carbocycles. The summed E-state index contributed by atoms with van der Waals surface area (Å²) in [5.74, 6) is 0. The van der Waals surface area contributed by atoms with Gasteiger partial charge in [-0.1, -0.05) is 0 Å². The first-order valence-corrected chi connectivity index (χ1v) is 7.63. The Morgan fingerprint density at radius 1 is 0.913 bits per heavy atom. The summed E-state index contributed by atoms with van der Waals surface area (Å²) in [5, 5.41) is 19.9. The molecular weight excluding hydrogens is 300 g/mol. The van der Waals surface area contributed by atoms with E-state index in [1.165, 1.54) is 10.1 Å². The first-order valence-electron chi connectivity index (χ1n) is 7.63. The molecule has 136 valence electrons. The van der Waals surface area contributed by atoms with E-state index in [9.17, 15) is 0 Å². The summed E-state index contributed by atoms with van der Waals surface area (Å²) >= 11 is 0. The van der Waals surface area contributed by atoms with E-state index >= 15 is 0 Å². The van der Waals surface area contributed by atoms with Crippen molar-refractivity contribution in [2.75, 3.05) is 64.1 Å². The monoisotopic (exact) mass is 332 g/mol. The number of benzene rings is 1. The molecule has 23 heavy (non-hydrogen) atoms. The molecule has 0 spiro atoms. The Morgan fingerprint density at radius 2 is 1.35 bits per heavy atom. The van der Waals surface area contributed by atoms with Crippen LogP contribution in [0.5, 0.6) is 0 Å². The van der Waals surface area contributed by atoms with Gasteiger partial charge in [0.05, 0.1) is 26.4 Å². The number of nitrogen functional groups attached to an aromatic ring is 2. The summed E-state index contributed by atoms with van der Waals surface area (Å²) in [4.78, 5) is 0. The summed E-state index contributed by atoms with van der Waals surface area (Å²) in [6.45, 7) is 7.20. The standard InChI is InChI=1S/C7H10N2.2C4H9NO2.2H2/c1-5-4-6(8)2-3-7(5)9;2*6-5-1-3-7-4-2-5;;/h2-4H,8-9H2,1H3;2*6H,1-4H2;2*1H. The van der Waals surface area contributed by atoms with E-state index in [0.29, 0.717) is 52.6 Å². The minimum atomic E-state index is 0. The molecular formula is C15H32N4O4. The van der Waals surface area contributed by atoms with Crippen molar-refractivity contribution in [3.05, 3.63) is 23.8 Å². The van der Waals surface area contributed by atoms with Gasteiger partial charge in [-0.15, -0.1) is 0 Å². The second-order valence-electron chi connectivity index (χ2n) is 5.25. The van der Waals surface area contributed by atoms with Gasteiger partial charge >= 0.3 is 0 Å². The number of hydrogen-bond acceptors (Lipinski definition) is 8. The molecule has 0 aliphatic carbocycles. The first-order chi connectivity index (χ1) is 11.0. The summed E-state index contributed by atoms with van der Waals surface area (Å²) in [5.41, 5.74) is 13.6. The molecule has 8 heteroatoms. The Labute approximate surface area is 140 Å². The van der Waals surface area contributed by atoms with Crippen LogP contribution in [-0.4, -0.2) is 73.1 Å². The van der Waals surface area contributed by atoms with Crippen molar-refractivity contribution in [2.24, 2.45) is 0 Å². The number of aryl methyl sites for hydroxylation is 1. The summed E-state index contributed by atoms with van der Waals surface area (Å²) in [6.07, 6.45) is 0. The molecule has 3 rings (SSSR count). The molecule has 0 saturated carbocycles. The van der Waals surface area contributed by atoms with Crippen molar-refractivity contribution in [2.45, 2.75) is 6.92 Å². The SMILES string of the molecule is Cc1cc(N)ccc1N.ON1CCOCC1.ON1CCOCC1.[HH].[HH]. The van der Waals surface area contributed by atoms with E-state index in [2.05, 4.69) is 0 Å². The van der Waals surface area contributed by atoms with Crippen LogP contribution in [0.25, 0.3) is 0 Å². The Balaban J connectivity index is 0. The van der Waals surface area contributed by atoms with Crippen molar-refractivity contribution < 1.29 is 22.7 Å². The number of hydroxylamine groups is 4. The first kappa shape index (κ1) is 19.6. The number of rotatable bonds is 0. The summed E-state index contributed by atoms with van der Waals surface area (Å²) in [7, 11) is 0. The van der Waals surface area contributed by atoms with Crippen molar-refractivity contribution in [3.63, 3.8) is 0 Å². The maximum absolute atomic E-state index is 8.66. The van der Waals surface area contributed by atoms with Gasteiger partial charge in [-0.2, -0.15) is 10.1 Å². The summed E-state index contributed by atoms with van der Waals surface area (Å²) in [6, 6.07) is 5.46. The van der Waals surface area contributed by atoms with E-state index < -0.39 is 0 Å². The van der Waals surface area contributed by atoms with Crippen LogP contribution in [0.3, 0.4) is 0 Å². The van der Waals surface area contributed by atoms with Crippen LogP contribution in [0.4, 0.5) is 11.4 Å². The number of anilines is 2. The minimum Gasteiger partial charge on any atom is -0.399 e. The van der Waals surface area contributed by atoms with Crippen LogP contribution in [-0.2, 0) is 9.47 Å². The van der Waals surface area contributed by atoms with Gasteiger partial charge in [-0.05, 0) is 30.7 Å². The van der Waals surface area contributed by atoms with Crippen LogP contribution in [0, 0.1) is 6.92 Å². The van der Waals surface area contributed by atoms with Gasteiger partial charge in [-0.25, -0.2) is 0 Å². The van der Waals surface area contributed by atoms with Gasteiger partial charge in [-0.3, -0.25) is 0 Å². The molecule has 8 nitrogen and oxygen atoms in total. The third-order valence-electron chi connectivity index (χ3n) is 3.27. The molecule has 0 unspecified atom stereocenters. The van der Waals surface area contributed by atoms with Gasteiger partial charge in [0.2, 0.25) is 0 Å². The second kappa shape index (κ2) is 11.2. The van der Waals surface area contributed by atoms with E-state index in [1.807, 2.05) is 19.1 Å². The lowest BCUT2D eigenvalue weighted by molar-refractivity contribution is -0.143. The average Bonchev–Trinajstić information content (AvgIpc) is 2.54. The summed E-state index contributed by atoms with van der Waals surface area (Å²) < 4.78 is 9.88. The van der Waals surface area contributed by atoms with Crippen LogP contribution >= 0.6 is 0 Å². The largest absolute Gasteiger partial charge is 0.399 e. The van der Waals surface area contributed by atoms with Crippen molar-refractivity contribution in [1.82, 2.24) is 10.1 Å². The molecule has 0 amide bonds. The quantitative estimate of drug-likeness (QED) is 0.521. The highest BCUT2D eigenvalue weighted by atomic mass is 16.5. The highest BCUT2D eigenvalue weighted by molar-refractivity contribution is 5.54. The number of nitrogens with two attached hydrogens (primary N) is 2. The average molecular weight is 332 g/mol. The number of nitrogens with zero attached hydrogens (tertiary/aromatic N) is 2. The van der Waals surface area contributed by atoms with E-state index in [0.717, 1.165) is 16.9 Å². The molecule has 2 aliphatic heterocycles. The van der Waals surface area contributed by atoms with Crippen molar-refractivity contribution >= 4 is 11.4 Å². The zero-order valence-corrected chi connectivity index (χ0v) is 13.6. The van der Waals surface area contributed by atoms with E-state index in [1.54, 1.807) is 6.07 Å². The molecule has 0 atom stereocenters. The molecule has 2 fully saturated rings. The highest BCUT2D eigenvalue weighted by Gasteiger charge is 2.05. The third-order valence-corrected chi connectivity index (χ3v) is 3.27. The molecule has 0 aromatic heterocycles. The van der Waals surface area contributed by atoms with Gasteiger partial charge in [0.15, 0.2) is 0 Å². The highest BCUT2D eigenvalue weighted by Crippen LogP contribution is 2.12. The lowest BCUT2D eigenvalue weighted by atomic mass is 10.2. The lowest BCUT2D eigenvalue weighted by Gasteiger charge is -2.19. The Morgan fingerprint density at radius 3 is 1.61 bits per heavy atom. The van der Waals surface area contributed by atoms with Gasteiger partial charge < -0.3 is 31.4 Å². The van der Waals surface area contributed by atoms with E-state index in [-0.39, 0.29) is 2.85 Å². The number of hydrogen-bond donors (Lipinski definition) is 4. The molecule has 1 aromatic rings. The molecule has 0 bridgehead atoms. The lowest BCUT2D eigenvalue weighted by Crippen LogP contribution is -2.33. The Bertz CT molecular complexity index is 430. The van der Waals surface area contributed by atoms with Crippen LogP contribution < -0.4 is 11.5 Å². The van der Waals surface area contributed by atoms with Crippen LogP contribution in [0.1, 0.15) is 8.42 Å². The fourth-order valence-electron chi connectivity index (χ4n) is 1.81. The molecule has 6 N–H and O–H groups in total. The molecule has 2 aliphatic rings. The topological polar surface area (TPSA) is 117 Å². The Kier molecular flexibility index (Phi) is 9.53. The fourth-order valence-corrected chi connectivity index (χ4v) is 1.81. The zero-order chi connectivity index (χ0) is 17.1. The van der Waals surface area contributed by atoms with Gasteiger partial charge in [0.1, 0.15) is 0 Å². The molecule has 2 saturated heterocycles. The van der Waals surface area contributed by atoms with Gasteiger partial charge in [0, 0.05) is 40.4 Å². The van der Waals surface area contributed by atoms with Crippen molar-refractivity contribution in [1.29, 1.82) is 0 Å². The zero-order valence-electron chi connectivity index (χ0n) is 13.6. The predicted molar refractivity (Wildman–Crippen MR) is 92.6 cm³/mol. The van der Waals surface area contributed by atoms with E-state index in [4.69, 9.17) is 31.4 Å². The molecule has 2 heterocycles. The Hall–Kier alpha value is -1.42. The molecule has 0 radical (unpaired) electrons. The normalized spacial score (nSPS) is 19.1. The fraction of sp³-hybridized carbons (Fsp3) is 0.600. The minimum absolute atomic E-state index is 0. The van der Waals surface area contributed by atoms with Crippen LogP contribution in [0.2, 0.25) is 0 Å². The smallest absolute Gasteiger partial charge is 0.0617 e. The second-order valence-corrected chi connectivity index (χ2v) is 5.25. The maximum atomic E-state index is 8.66. The van der Waals surface area contributed by atoms with Gasteiger partial charge in [0.25, 0.3) is 0 Å². The third kappa shape index (κ3) is 9.34. The number of morpholine rings is 2.